The van der Waals surface area contributed by atoms with Crippen LogP contribution in [0.5, 0.6) is 0 Å². The molecule has 1 fully saturated rings. The summed E-state index contributed by atoms with van der Waals surface area (Å²) in [5.74, 6) is -0.148. The lowest BCUT2D eigenvalue weighted by molar-refractivity contribution is -0.384. The quantitative estimate of drug-likeness (QED) is 0.593. The Morgan fingerprint density at radius 3 is 2.33 bits per heavy atom. The van der Waals surface area contributed by atoms with Crippen molar-refractivity contribution in [2.24, 2.45) is 0 Å². The second-order valence-electron chi connectivity index (χ2n) is 6.61. The number of rotatable bonds is 3. The Labute approximate surface area is 156 Å². The van der Waals surface area contributed by atoms with Crippen molar-refractivity contribution in [3.05, 3.63) is 51.2 Å². The number of carbonyl (C=O) groups is 2. The lowest BCUT2D eigenvalue weighted by atomic mass is 9.92. The van der Waals surface area contributed by atoms with Gasteiger partial charge in [-0.05, 0) is 24.6 Å². The van der Waals surface area contributed by atoms with E-state index in [2.05, 4.69) is 0 Å². The summed E-state index contributed by atoms with van der Waals surface area (Å²) < 4.78 is 5.32. The van der Waals surface area contributed by atoms with E-state index >= 15 is 0 Å². The minimum absolute atomic E-state index is 0.0394. The summed E-state index contributed by atoms with van der Waals surface area (Å²) in [4.78, 5) is 41.0. The third kappa shape index (κ3) is 3.37. The van der Waals surface area contributed by atoms with Crippen LogP contribution in [0, 0.1) is 10.1 Å². The molecule has 1 aromatic rings. The number of ether oxygens (including phenoxy) is 1. The maximum absolute atomic E-state index is 13.3. The zero-order valence-electron chi connectivity index (χ0n) is 15.5. The molecule has 2 heterocycles. The number of benzene rings is 1. The van der Waals surface area contributed by atoms with Gasteiger partial charge in [-0.15, -0.1) is 0 Å². The van der Waals surface area contributed by atoms with Gasteiger partial charge in [0.05, 0.1) is 29.8 Å². The molecule has 1 unspecified atom stereocenters. The first kappa shape index (κ1) is 18.8. The van der Waals surface area contributed by atoms with Gasteiger partial charge in [-0.2, -0.15) is 0 Å². The molecule has 144 valence electrons. The van der Waals surface area contributed by atoms with Crippen LogP contribution < -0.4 is 0 Å². The number of nitrogens with zero attached hydrogens (tertiary/aromatic N) is 4. The molecular weight excluding hydrogens is 352 g/mol. The fourth-order valence-corrected chi connectivity index (χ4v) is 3.44. The lowest BCUT2D eigenvalue weighted by Crippen LogP contribution is -2.50. The number of carbonyl (C=O) groups excluding carboxylic acids is 2. The smallest absolute Gasteiger partial charge is 0.324 e. The topological polar surface area (TPSA) is 96.2 Å². The largest absolute Gasteiger partial charge is 0.378 e. The van der Waals surface area contributed by atoms with Gasteiger partial charge in [0.2, 0.25) is 0 Å². The Bertz CT molecular complexity index is 798. The number of hydrogen-bond acceptors (Lipinski definition) is 5. The fourth-order valence-electron chi connectivity index (χ4n) is 3.44. The number of nitro groups is 1. The third-order valence-electron chi connectivity index (χ3n) is 5.09. The Kier molecular flexibility index (Phi) is 5.13. The van der Waals surface area contributed by atoms with Gasteiger partial charge in [0.15, 0.2) is 0 Å². The normalized spacial score (nSPS) is 20.9. The van der Waals surface area contributed by atoms with E-state index in [1.807, 2.05) is 0 Å². The number of urea groups is 1. The van der Waals surface area contributed by atoms with Crippen LogP contribution in [0.3, 0.4) is 0 Å². The Balaban J connectivity index is 2.05. The van der Waals surface area contributed by atoms with Crippen molar-refractivity contribution in [3.63, 3.8) is 0 Å². The van der Waals surface area contributed by atoms with Crippen molar-refractivity contribution in [2.75, 3.05) is 40.4 Å². The molecule has 0 saturated carbocycles. The van der Waals surface area contributed by atoms with Crippen LogP contribution in [0.4, 0.5) is 10.5 Å². The predicted molar refractivity (Wildman–Crippen MR) is 96.9 cm³/mol. The molecule has 0 aliphatic carbocycles. The maximum Gasteiger partial charge on any atom is 0.324 e. The molecule has 0 aromatic heterocycles. The Morgan fingerprint density at radius 1 is 1.19 bits per heavy atom. The van der Waals surface area contributed by atoms with E-state index in [-0.39, 0.29) is 17.6 Å². The second-order valence-corrected chi connectivity index (χ2v) is 6.61. The highest BCUT2D eigenvalue weighted by Gasteiger charge is 2.40. The van der Waals surface area contributed by atoms with Gasteiger partial charge in [-0.1, -0.05) is 0 Å². The number of amides is 3. The van der Waals surface area contributed by atoms with Crippen LogP contribution in [-0.2, 0) is 9.53 Å². The monoisotopic (exact) mass is 374 g/mol. The van der Waals surface area contributed by atoms with Crippen molar-refractivity contribution in [3.8, 4) is 0 Å². The molecule has 1 saturated heterocycles. The van der Waals surface area contributed by atoms with Crippen molar-refractivity contribution >= 4 is 17.6 Å². The minimum atomic E-state index is -0.607. The Morgan fingerprint density at radius 2 is 1.78 bits per heavy atom. The molecular formula is C18H22N4O5. The molecule has 3 rings (SSSR count). The summed E-state index contributed by atoms with van der Waals surface area (Å²) in [7, 11) is 3.26. The van der Waals surface area contributed by atoms with E-state index < -0.39 is 11.0 Å². The second kappa shape index (κ2) is 7.36. The SMILES string of the molecule is CC1=C(C(=O)N2CCOCC2)C(c2ccc([N+](=O)[O-])cc2)N(C)C(=O)N1C. The first-order chi connectivity index (χ1) is 12.8. The average Bonchev–Trinajstić information content (AvgIpc) is 2.69. The van der Waals surface area contributed by atoms with Gasteiger partial charge in [0.25, 0.3) is 11.6 Å². The van der Waals surface area contributed by atoms with Gasteiger partial charge < -0.3 is 19.4 Å². The predicted octanol–water partition coefficient (Wildman–Crippen LogP) is 1.77. The number of morpholine rings is 1. The molecule has 0 radical (unpaired) electrons. The number of allylic oxidation sites excluding steroid dienone is 1. The molecule has 0 N–H and O–H groups in total. The molecule has 1 aromatic carbocycles. The summed E-state index contributed by atoms with van der Waals surface area (Å²) in [5.41, 5.74) is 1.69. The lowest BCUT2D eigenvalue weighted by Gasteiger charge is -2.41. The van der Waals surface area contributed by atoms with Gasteiger partial charge >= 0.3 is 6.03 Å². The summed E-state index contributed by atoms with van der Waals surface area (Å²) in [5, 5.41) is 10.9. The number of non-ortho nitro benzene ring substituents is 1. The van der Waals surface area contributed by atoms with Crippen LogP contribution >= 0.6 is 0 Å². The molecule has 1 atom stereocenters. The van der Waals surface area contributed by atoms with Crippen molar-refractivity contribution in [1.82, 2.24) is 14.7 Å². The van der Waals surface area contributed by atoms with Gasteiger partial charge in [-0.25, -0.2) is 4.79 Å². The van der Waals surface area contributed by atoms with E-state index in [4.69, 9.17) is 4.74 Å². The van der Waals surface area contributed by atoms with Crippen LogP contribution in [0.15, 0.2) is 35.5 Å². The molecule has 0 spiro atoms. The molecule has 9 heteroatoms. The van der Waals surface area contributed by atoms with Gasteiger partial charge in [0, 0.05) is 45.0 Å². The summed E-state index contributed by atoms with van der Waals surface area (Å²) in [6, 6.07) is 5.12. The molecule has 2 aliphatic heterocycles. The van der Waals surface area contributed by atoms with E-state index in [0.717, 1.165) is 0 Å². The molecule has 2 aliphatic rings. The first-order valence-electron chi connectivity index (χ1n) is 8.65. The summed E-state index contributed by atoms with van der Waals surface area (Å²) in [6.45, 7) is 3.68. The molecule has 0 bridgehead atoms. The molecule has 9 nitrogen and oxygen atoms in total. The van der Waals surface area contributed by atoms with Crippen LogP contribution in [0.1, 0.15) is 18.5 Å². The summed E-state index contributed by atoms with van der Waals surface area (Å²) in [6.07, 6.45) is 0. The van der Waals surface area contributed by atoms with E-state index in [0.29, 0.717) is 43.1 Å². The first-order valence-corrected chi connectivity index (χ1v) is 8.65. The zero-order valence-corrected chi connectivity index (χ0v) is 15.5. The standard InChI is InChI=1S/C18H22N4O5/c1-12-15(17(23)21-8-10-27-11-9-21)16(20(3)18(24)19(12)2)13-4-6-14(7-5-13)22(25)26/h4-7,16H,8-11H2,1-3H3. The van der Waals surface area contributed by atoms with E-state index in [1.165, 1.54) is 21.9 Å². The van der Waals surface area contributed by atoms with Gasteiger partial charge in [0.1, 0.15) is 0 Å². The third-order valence-corrected chi connectivity index (χ3v) is 5.09. The Hall–Kier alpha value is -2.94. The van der Waals surface area contributed by atoms with Crippen molar-refractivity contribution < 1.29 is 19.2 Å². The minimum Gasteiger partial charge on any atom is -0.378 e. The fraction of sp³-hybridized carbons (Fsp3) is 0.444. The maximum atomic E-state index is 13.3. The van der Waals surface area contributed by atoms with Crippen molar-refractivity contribution in [1.29, 1.82) is 0 Å². The number of nitro benzene ring substituents is 1. The molecule has 27 heavy (non-hydrogen) atoms. The zero-order chi connectivity index (χ0) is 19.7. The van der Waals surface area contributed by atoms with Crippen LogP contribution in [-0.4, -0.2) is 72.0 Å². The van der Waals surface area contributed by atoms with E-state index in [9.17, 15) is 19.7 Å². The highest BCUT2D eigenvalue weighted by Crippen LogP contribution is 2.37. The number of hydrogen-bond donors (Lipinski definition) is 0. The van der Waals surface area contributed by atoms with Crippen LogP contribution in [0.2, 0.25) is 0 Å². The average molecular weight is 374 g/mol. The van der Waals surface area contributed by atoms with E-state index in [1.54, 1.807) is 38.1 Å². The summed E-state index contributed by atoms with van der Waals surface area (Å²) >= 11 is 0. The molecule has 3 amide bonds. The van der Waals surface area contributed by atoms with Crippen LogP contribution in [0.25, 0.3) is 0 Å². The van der Waals surface area contributed by atoms with Gasteiger partial charge in [-0.3, -0.25) is 14.9 Å². The highest BCUT2D eigenvalue weighted by molar-refractivity contribution is 5.98. The van der Waals surface area contributed by atoms with Crippen molar-refractivity contribution in [2.45, 2.75) is 13.0 Å². The highest BCUT2D eigenvalue weighted by atomic mass is 16.6. The number of likely N-dealkylation sites (N-methyl/N-ethyl adjacent to an activating group) is 1.